The molecule has 0 radical (unpaired) electrons. The van der Waals surface area contributed by atoms with E-state index >= 15 is 0 Å². The van der Waals surface area contributed by atoms with E-state index in [-0.39, 0.29) is 11.8 Å². The van der Waals surface area contributed by atoms with Gasteiger partial charge in [0.2, 0.25) is 5.91 Å². The molecule has 4 nitrogen and oxygen atoms in total. The fourth-order valence-electron chi connectivity index (χ4n) is 1.99. The molecular weight excluding hydrogens is 282 g/mol. The van der Waals surface area contributed by atoms with Gasteiger partial charge in [-0.1, -0.05) is 19.1 Å². The Morgan fingerprint density at radius 3 is 2.76 bits per heavy atom. The molecule has 1 aromatic carbocycles. The SMILES string of the molecule is CNCC(C)C(=O)Nc1nc(-c2ccc(C)c(C)c2)cs1. The van der Waals surface area contributed by atoms with Crippen molar-refractivity contribution in [2.45, 2.75) is 20.8 Å². The number of rotatable bonds is 5. The van der Waals surface area contributed by atoms with Crippen molar-refractivity contribution in [1.82, 2.24) is 10.3 Å². The predicted molar refractivity (Wildman–Crippen MR) is 88.7 cm³/mol. The molecule has 0 aliphatic rings. The molecular formula is C16H21N3OS. The molecule has 1 amide bonds. The van der Waals surface area contributed by atoms with E-state index in [9.17, 15) is 4.79 Å². The van der Waals surface area contributed by atoms with Gasteiger partial charge in [-0.25, -0.2) is 4.98 Å². The highest BCUT2D eigenvalue weighted by atomic mass is 32.1. The molecule has 112 valence electrons. The van der Waals surface area contributed by atoms with E-state index in [2.05, 4.69) is 47.7 Å². The van der Waals surface area contributed by atoms with Gasteiger partial charge in [0.15, 0.2) is 5.13 Å². The number of carbonyl (C=O) groups is 1. The number of aryl methyl sites for hydroxylation is 2. The van der Waals surface area contributed by atoms with Crippen LogP contribution in [0.25, 0.3) is 11.3 Å². The first-order valence-corrected chi connectivity index (χ1v) is 7.88. The largest absolute Gasteiger partial charge is 0.319 e. The van der Waals surface area contributed by atoms with Gasteiger partial charge in [0, 0.05) is 23.4 Å². The lowest BCUT2D eigenvalue weighted by Crippen LogP contribution is -2.28. The number of anilines is 1. The van der Waals surface area contributed by atoms with Crippen molar-refractivity contribution in [3.05, 3.63) is 34.7 Å². The molecule has 0 aliphatic heterocycles. The fraction of sp³-hybridized carbons (Fsp3) is 0.375. The van der Waals surface area contributed by atoms with E-state index in [1.54, 1.807) is 0 Å². The molecule has 1 atom stereocenters. The monoisotopic (exact) mass is 303 g/mol. The summed E-state index contributed by atoms with van der Waals surface area (Å²) in [5, 5.41) is 8.49. The van der Waals surface area contributed by atoms with Gasteiger partial charge in [-0.3, -0.25) is 4.79 Å². The molecule has 0 aliphatic carbocycles. The maximum atomic E-state index is 12.0. The van der Waals surface area contributed by atoms with Crippen molar-refractivity contribution in [1.29, 1.82) is 0 Å². The molecule has 0 fully saturated rings. The molecule has 1 unspecified atom stereocenters. The summed E-state index contributed by atoms with van der Waals surface area (Å²) in [5.74, 6) is -0.0886. The van der Waals surface area contributed by atoms with Crippen LogP contribution in [-0.4, -0.2) is 24.5 Å². The molecule has 2 rings (SSSR count). The lowest BCUT2D eigenvalue weighted by atomic mass is 10.1. The van der Waals surface area contributed by atoms with E-state index < -0.39 is 0 Å². The Bertz CT molecular complexity index is 636. The van der Waals surface area contributed by atoms with Gasteiger partial charge >= 0.3 is 0 Å². The zero-order valence-electron chi connectivity index (χ0n) is 12.9. The number of nitrogens with one attached hydrogen (secondary N) is 2. The van der Waals surface area contributed by atoms with Gasteiger partial charge in [0.05, 0.1) is 5.69 Å². The van der Waals surface area contributed by atoms with E-state index in [1.165, 1.54) is 22.5 Å². The third-order valence-electron chi connectivity index (χ3n) is 3.49. The average Bonchev–Trinajstić information content (AvgIpc) is 2.90. The summed E-state index contributed by atoms with van der Waals surface area (Å²) in [6, 6.07) is 6.28. The van der Waals surface area contributed by atoms with E-state index in [4.69, 9.17) is 0 Å². The number of thiazole rings is 1. The van der Waals surface area contributed by atoms with Crippen LogP contribution in [0.4, 0.5) is 5.13 Å². The summed E-state index contributed by atoms with van der Waals surface area (Å²) in [7, 11) is 1.84. The second kappa shape index (κ2) is 6.83. The predicted octanol–water partition coefficient (Wildman–Crippen LogP) is 3.22. The maximum Gasteiger partial charge on any atom is 0.230 e. The third-order valence-corrected chi connectivity index (χ3v) is 4.25. The number of nitrogens with zero attached hydrogens (tertiary/aromatic N) is 1. The Morgan fingerprint density at radius 2 is 2.10 bits per heavy atom. The van der Waals surface area contributed by atoms with Crippen molar-refractivity contribution < 1.29 is 4.79 Å². The summed E-state index contributed by atoms with van der Waals surface area (Å²) in [6.45, 7) is 6.73. The Hall–Kier alpha value is -1.72. The van der Waals surface area contributed by atoms with Gasteiger partial charge in [-0.15, -0.1) is 11.3 Å². The molecule has 0 bridgehead atoms. The normalized spacial score (nSPS) is 12.2. The first kappa shape index (κ1) is 15.7. The third kappa shape index (κ3) is 3.89. The van der Waals surface area contributed by atoms with E-state index in [0.29, 0.717) is 11.7 Å². The molecule has 2 aromatic rings. The van der Waals surface area contributed by atoms with Crippen molar-refractivity contribution in [2.75, 3.05) is 18.9 Å². The minimum absolute atomic E-state index is 0.00895. The van der Waals surface area contributed by atoms with E-state index in [1.807, 2.05) is 19.4 Å². The van der Waals surface area contributed by atoms with Gasteiger partial charge < -0.3 is 10.6 Å². The second-order valence-corrected chi connectivity index (χ2v) is 6.14. The van der Waals surface area contributed by atoms with Crippen molar-refractivity contribution in [3.8, 4) is 11.3 Å². The molecule has 21 heavy (non-hydrogen) atoms. The van der Waals surface area contributed by atoms with Crippen LogP contribution in [0.1, 0.15) is 18.1 Å². The smallest absolute Gasteiger partial charge is 0.230 e. The lowest BCUT2D eigenvalue weighted by molar-refractivity contribution is -0.119. The number of benzene rings is 1. The molecule has 1 aromatic heterocycles. The summed E-state index contributed by atoms with van der Waals surface area (Å²) in [5.41, 5.74) is 4.50. The molecule has 2 N–H and O–H groups in total. The van der Waals surface area contributed by atoms with Crippen LogP contribution < -0.4 is 10.6 Å². The van der Waals surface area contributed by atoms with Crippen molar-refractivity contribution in [3.63, 3.8) is 0 Å². The summed E-state index contributed by atoms with van der Waals surface area (Å²) >= 11 is 1.45. The van der Waals surface area contributed by atoms with E-state index in [0.717, 1.165) is 11.3 Å². The minimum atomic E-state index is -0.0797. The number of hydrogen-bond acceptors (Lipinski definition) is 4. The average molecular weight is 303 g/mol. The minimum Gasteiger partial charge on any atom is -0.319 e. The molecule has 0 saturated carbocycles. The van der Waals surface area contributed by atoms with Crippen LogP contribution in [0.2, 0.25) is 0 Å². The van der Waals surface area contributed by atoms with Crippen molar-refractivity contribution >= 4 is 22.4 Å². The number of amides is 1. The van der Waals surface area contributed by atoms with Gasteiger partial charge in [0.25, 0.3) is 0 Å². The zero-order chi connectivity index (χ0) is 15.4. The first-order chi connectivity index (χ1) is 10.0. The number of hydrogen-bond donors (Lipinski definition) is 2. The van der Waals surface area contributed by atoms with Crippen LogP contribution in [0.5, 0.6) is 0 Å². The molecule has 1 heterocycles. The number of aromatic nitrogens is 1. The van der Waals surface area contributed by atoms with Crippen molar-refractivity contribution in [2.24, 2.45) is 5.92 Å². The Morgan fingerprint density at radius 1 is 1.33 bits per heavy atom. The second-order valence-electron chi connectivity index (χ2n) is 5.28. The highest BCUT2D eigenvalue weighted by Gasteiger charge is 2.14. The number of carbonyl (C=O) groups excluding carboxylic acids is 1. The standard InChI is InChI=1S/C16H21N3OS/c1-10-5-6-13(7-11(10)2)14-9-21-16(18-14)19-15(20)12(3)8-17-4/h5-7,9,12,17H,8H2,1-4H3,(H,18,19,20). The lowest BCUT2D eigenvalue weighted by Gasteiger charge is -2.09. The quantitative estimate of drug-likeness (QED) is 0.891. The van der Waals surface area contributed by atoms with Crippen LogP contribution in [0.3, 0.4) is 0 Å². The van der Waals surface area contributed by atoms with Gasteiger partial charge in [-0.05, 0) is 38.1 Å². The molecule has 5 heteroatoms. The molecule has 0 saturated heterocycles. The Balaban J connectivity index is 2.11. The van der Waals surface area contributed by atoms with Crippen LogP contribution in [0.15, 0.2) is 23.6 Å². The van der Waals surface area contributed by atoms with Gasteiger partial charge in [0.1, 0.15) is 0 Å². The van der Waals surface area contributed by atoms with Gasteiger partial charge in [-0.2, -0.15) is 0 Å². The summed E-state index contributed by atoms with van der Waals surface area (Å²) in [4.78, 5) is 16.5. The topological polar surface area (TPSA) is 54.0 Å². The zero-order valence-corrected chi connectivity index (χ0v) is 13.7. The molecule has 0 spiro atoms. The Labute approximate surface area is 129 Å². The first-order valence-electron chi connectivity index (χ1n) is 7.00. The highest BCUT2D eigenvalue weighted by molar-refractivity contribution is 7.14. The maximum absolute atomic E-state index is 12.0. The fourth-order valence-corrected chi connectivity index (χ4v) is 2.71. The Kier molecular flexibility index (Phi) is 5.09. The van der Waals surface area contributed by atoms with Crippen LogP contribution >= 0.6 is 11.3 Å². The van der Waals surface area contributed by atoms with Crippen LogP contribution in [0, 0.1) is 19.8 Å². The summed E-state index contributed by atoms with van der Waals surface area (Å²) in [6.07, 6.45) is 0. The highest BCUT2D eigenvalue weighted by Crippen LogP contribution is 2.26. The van der Waals surface area contributed by atoms with Crippen LogP contribution in [-0.2, 0) is 4.79 Å². The summed E-state index contributed by atoms with van der Waals surface area (Å²) < 4.78 is 0.